The Labute approximate surface area is 140 Å². The van der Waals surface area contributed by atoms with Gasteiger partial charge in [0.15, 0.2) is 0 Å². The van der Waals surface area contributed by atoms with Gasteiger partial charge in [-0.25, -0.2) is 9.59 Å². The summed E-state index contributed by atoms with van der Waals surface area (Å²) >= 11 is 0. The first kappa shape index (κ1) is 18.2. The molecule has 0 saturated carbocycles. The Morgan fingerprint density at radius 3 is 1.42 bits per heavy atom. The van der Waals surface area contributed by atoms with Crippen molar-refractivity contribution in [1.82, 2.24) is 9.80 Å². The van der Waals surface area contributed by atoms with E-state index in [0.717, 1.165) is 0 Å². The molecule has 2 fully saturated rings. The van der Waals surface area contributed by atoms with Crippen LogP contribution in [0.3, 0.4) is 0 Å². The first-order chi connectivity index (χ1) is 11.3. The maximum Gasteiger partial charge on any atom is 0.326 e. The van der Waals surface area contributed by atoms with E-state index < -0.39 is 35.9 Å². The molecule has 0 radical (unpaired) electrons. The molecule has 2 N–H and O–H groups in total. The highest BCUT2D eigenvalue weighted by Gasteiger charge is 2.42. The van der Waals surface area contributed by atoms with Crippen molar-refractivity contribution in [1.29, 1.82) is 0 Å². The summed E-state index contributed by atoms with van der Waals surface area (Å²) in [4.78, 5) is 50.4. The Kier molecular flexibility index (Phi) is 5.46. The van der Waals surface area contributed by atoms with Crippen LogP contribution in [0, 0.1) is 11.8 Å². The van der Waals surface area contributed by atoms with E-state index in [2.05, 4.69) is 0 Å². The lowest BCUT2D eigenvalue weighted by molar-refractivity contribution is -0.154. The zero-order valence-corrected chi connectivity index (χ0v) is 14.0. The van der Waals surface area contributed by atoms with Crippen molar-refractivity contribution in [2.24, 2.45) is 11.8 Å². The van der Waals surface area contributed by atoms with E-state index in [0.29, 0.717) is 38.8 Å². The predicted molar refractivity (Wildman–Crippen MR) is 83.1 cm³/mol. The molecule has 0 aromatic carbocycles. The summed E-state index contributed by atoms with van der Waals surface area (Å²) in [5.74, 6) is -4.14. The van der Waals surface area contributed by atoms with Gasteiger partial charge in [0, 0.05) is 24.9 Å². The molecule has 0 aromatic heterocycles. The number of carbonyl (C=O) groups is 4. The summed E-state index contributed by atoms with van der Waals surface area (Å²) in [6.45, 7) is 3.97. The molecule has 2 aliphatic heterocycles. The van der Waals surface area contributed by atoms with Crippen molar-refractivity contribution in [2.75, 3.05) is 13.1 Å². The van der Waals surface area contributed by atoms with Crippen LogP contribution in [0.25, 0.3) is 0 Å². The van der Waals surface area contributed by atoms with Gasteiger partial charge in [0.05, 0.1) is 0 Å². The topological polar surface area (TPSA) is 115 Å². The van der Waals surface area contributed by atoms with Gasteiger partial charge >= 0.3 is 11.9 Å². The third-order valence-electron chi connectivity index (χ3n) is 5.17. The molecule has 8 nitrogen and oxygen atoms in total. The smallest absolute Gasteiger partial charge is 0.326 e. The van der Waals surface area contributed by atoms with Crippen LogP contribution >= 0.6 is 0 Å². The number of carboxylic acid groups (broad SMARTS) is 2. The molecule has 0 bridgehead atoms. The van der Waals surface area contributed by atoms with Crippen molar-refractivity contribution < 1.29 is 29.4 Å². The molecule has 4 atom stereocenters. The minimum absolute atomic E-state index is 0.355. The summed E-state index contributed by atoms with van der Waals surface area (Å²) in [7, 11) is 0. The third kappa shape index (κ3) is 3.37. The monoisotopic (exact) mass is 340 g/mol. The van der Waals surface area contributed by atoms with Crippen LogP contribution in [0.2, 0.25) is 0 Å². The third-order valence-corrected chi connectivity index (χ3v) is 5.17. The molecule has 134 valence electrons. The fourth-order valence-electron chi connectivity index (χ4n) is 3.53. The molecule has 2 rings (SSSR count). The van der Waals surface area contributed by atoms with Gasteiger partial charge in [-0.1, -0.05) is 13.8 Å². The average molecular weight is 340 g/mol. The number of carbonyl (C=O) groups excluding carboxylic acids is 2. The Morgan fingerprint density at radius 1 is 0.792 bits per heavy atom. The first-order valence-corrected chi connectivity index (χ1v) is 8.32. The Bertz CT molecular complexity index is 501. The highest BCUT2D eigenvalue weighted by Crippen LogP contribution is 2.27. The maximum absolute atomic E-state index is 12.6. The van der Waals surface area contributed by atoms with Gasteiger partial charge in [-0.15, -0.1) is 0 Å². The molecule has 0 aromatic rings. The summed E-state index contributed by atoms with van der Waals surface area (Å²) in [5.41, 5.74) is 0. The van der Waals surface area contributed by atoms with Gasteiger partial charge in [-0.2, -0.15) is 0 Å². The van der Waals surface area contributed by atoms with Gasteiger partial charge < -0.3 is 20.0 Å². The standard InChI is InChI=1S/C16H24N2O6/c1-9(13(19)17-7-3-5-11(17)15(21)22)10(2)14(20)18-8-4-6-12(18)16(23)24/h9-12H,3-8H2,1-2H3,(H,21,22)(H,23,24). The first-order valence-electron chi connectivity index (χ1n) is 8.32. The van der Waals surface area contributed by atoms with E-state index >= 15 is 0 Å². The van der Waals surface area contributed by atoms with Crippen LogP contribution in [0.5, 0.6) is 0 Å². The van der Waals surface area contributed by atoms with E-state index in [1.165, 1.54) is 9.80 Å². The molecule has 8 heteroatoms. The predicted octanol–water partition coefficient (Wildman–Crippen LogP) is 0.410. The molecule has 2 aliphatic rings. The second kappa shape index (κ2) is 7.19. The van der Waals surface area contributed by atoms with Crippen LogP contribution in [0.15, 0.2) is 0 Å². The molecule has 0 spiro atoms. The van der Waals surface area contributed by atoms with Crippen LogP contribution in [-0.2, 0) is 19.2 Å². The summed E-state index contributed by atoms with van der Waals surface area (Å²) < 4.78 is 0. The van der Waals surface area contributed by atoms with Crippen molar-refractivity contribution in [2.45, 2.75) is 51.6 Å². The molecule has 2 saturated heterocycles. The highest BCUT2D eigenvalue weighted by molar-refractivity contribution is 5.91. The molecule has 0 aliphatic carbocycles. The Balaban J connectivity index is 2.06. The molecule has 2 heterocycles. The SMILES string of the molecule is CC(C(=O)N1CCCC1C(=O)O)C(C)C(=O)N1CCCC1C(=O)O. The number of hydrogen-bond acceptors (Lipinski definition) is 4. The number of rotatable bonds is 5. The maximum atomic E-state index is 12.6. The van der Waals surface area contributed by atoms with E-state index in [4.69, 9.17) is 0 Å². The van der Waals surface area contributed by atoms with Crippen molar-refractivity contribution in [3.8, 4) is 0 Å². The normalized spacial score (nSPS) is 26.2. The van der Waals surface area contributed by atoms with Crippen LogP contribution < -0.4 is 0 Å². The number of aliphatic carboxylic acids is 2. The van der Waals surface area contributed by atoms with E-state index in [-0.39, 0.29) is 11.8 Å². The van der Waals surface area contributed by atoms with Gasteiger partial charge in [0.2, 0.25) is 11.8 Å². The molecule has 4 unspecified atom stereocenters. The van der Waals surface area contributed by atoms with Crippen LogP contribution in [0.4, 0.5) is 0 Å². The number of amides is 2. The van der Waals surface area contributed by atoms with Crippen molar-refractivity contribution in [3.63, 3.8) is 0 Å². The van der Waals surface area contributed by atoms with Crippen LogP contribution in [-0.4, -0.2) is 68.9 Å². The van der Waals surface area contributed by atoms with Crippen molar-refractivity contribution >= 4 is 23.8 Å². The number of nitrogens with zero attached hydrogens (tertiary/aromatic N) is 2. The fourth-order valence-corrected chi connectivity index (χ4v) is 3.53. The number of carboxylic acids is 2. The molecule has 24 heavy (non-hydrogen) atoms. The number of hydrogen-bond donors (Lipinski definition) is 2. The Hall–Kier alpha value is -2.12. The van der Waals surface area contributed by atoms with E-state index in [1.807, 2.05) is 0 Å². The average Bonchev–Trinajstić information content (AvgIpc) is 3.20. The summed E-state index contributed by atoms with van der Waals surface area (Å²) in [5, 5.41) is 18.4. The lowest BCUT2D eigenvalue weighted by Gasteiger charge is -2.30. The lowest BCUT2D eigenvalue weighted by atomic mass is 9.92. The van der Waals surface area contributed by atoms with Gasteiger partial charge in [0.1, 0.15) is 12.1 Å². The number of likely N-dealkylation sites (tertiary alicyclic amines) is 2. The minimum atomic E-state index is -1.03. The molecular weight excluding hydrogens is 316 g/mol. The second-order valence-corrected chi connectivity index (χ2v) is 6.63. The quantitative estimate of drug-likeness (QED) is 0.749. The zero-order valence-electron chi connectivity index (χ0n) is 14.0. The fraction of sp³-hybridized carbons (Fsp3) is 0.750. The van der Waals surface area contributed by atoms with Gasteiger partial charge in [-0.05, 0) is 25.7 Å². The molecular formula is C16H24N2O6. The van der Waals surface area contributed by atoms with Gasteiger partial charge in [-0.3, -0.25) is 9.59 Å². The van der Waals surface area contributed by atoms with E-state index in [9.17, 15) is 29.4 Å². The largest absolute Gasteiger partial charge is 0.480 e. The van der Waals surface area contributed by atoms with Crippen LogP contribution in [0.1, 0.15) is 39.5 Å². The highest BCUT2D eigenvalue weighted by atomic mass is 16.4. The van der Waals surface area contributed by atoms with Crippen molar-refractivity contribution in [3.05, 3.63) is 0 Å². The summed E-state index contributed by atoms with van der Waals surface area (Å²) in [6.07, 6.45) is 2.10. The van der Waals surface area contributed by atoms with Gasteiger partial charge in [0.25, 0.3) is 0 Å². The summed E-state index contributed by atoms with van der Waals surface area (Å²) in [6, 6.07) is -1.67. The lowest BCUT2D eigenvalue weighted by Crippen LogP contribution is -2.48. The molecule has 2 amide bonds. The second-order valence-electron chi connectivity index (χ2n) is 6.63. The van der Waals surface area contributed by atoms with E-state index in [1.54, 1.807) is 13.8 Å². The minimum Gasteiger partial charge on any atom is -0.480 e. The zero-order chi connectivity index (χ0) is 18.0. The Morgan fingerprint density at radius 2 is 1.12 bits per heavy atom.